The van der Waals surface area contributed by atoms with Crippen molar-refractivity contribution in [3.63, 3.8) is 0 Å². The maximum Gasteiger partial charge on any atom is 0.453 e. The number of hydrogen-bond acceptors (Lipinski definition) is 7. The molecule has 1 aliphatic carbocycles. The summed E-state index contributed by atoms with van der Waals surface area (Å²) >= 11 is 1.10. The number of fused-ring (bicyclic) bond motifs is 1. The predicted molar refractivity (Wildman–Crippen MR) is 66.0 cm³/mol. The lowest BCUT2D eigenvalue weighted by Gasteiger charge is -2.04. The van der Waals surface area contributed by atoms with Gasteiger partial charge in [0.1, 0.15) is 5.03 Å². The van der Waals surface area contributed by atoms with E-state index < -0.39 is 12.0 Å². The third kappa shape index (κ3) is 2.28. The standard InChI is InChI=1S/C10H7F3N8S/c11-10(12,13)8-15-14-6-3-4-7(17-21(6)8)22-9-16-18-19-20(9)5-1-2-5/h3-5H,1-2H2. The van der Waals surface area contributed by atoms with E-state index in [1.165, 1.54) is 6.07 Å². The van der Waals surface area contributed by atoms with Crippen LogP contribution in [0.4, 0.5) is 13.2 Å². The van der Waals surface area contributed by atoms with Gasteiger partial charge in [0, 0.05) is 0 Å². The van der Waals surface area contributed by atoms with Gasteiger partial charge < -0.3 is 0 Å². The van der Waals surface area contributed by atoms with Crippen molar-refractivity contribution >= 4 is 17.4 Å². The molecule has 22 heavy (non-hydrogen) atoms. The molecule has 0 amide bonds. The number of hydrogen-bond donors (Lipinski definition) is 0. The fraction of sp³-hybridized carbons (Fsp3) is 0.400. The number of rotatable bonds is 3. The van der Waals surface area contributed by atoms with E-state index in [1.807, 2.05) is 0 Å². The highest BCUT2D eigenvalue weighted by Crippen LogP contribution is 2.37. The number of tetrazole rings is 1. The quantitative estimate of drug-likeness (QED) is 0.722. The van der Waals surface area contributed by atoms with E-state index in [-0.39, 0.29) is 11.7 Å². The summed E-state index contributed by atoms with van der Waals surface area (Å²) in [5.41, 5.74) is 0.0264. The Morgan fingerprint density at radius 3 is 2.68 bits per heavy atom. The molecule has 1 saturated carbocycles. The minimum Gasteiger partial charge on any atom is -0.217 e. The van der Waals surface area contributed by atoms with E-state index in [4.69, 9.17) is 0 Å². The first-order chi connectivity index (χ1) is 10.5. The molecule has 114 valence electrons. The monoisotopic (exact) mass is 328 g/mol. The number of aromatic nitrogens is 8. The first-order valence-electron chi connectivity index (χ1n) is 6.28. The molecule has 8 nitrogen and oxygen atoms in total. The third-order valence-corrected chi connectivity index (χ3v) is 3.92. The second-order valence-electron chi connectivity index (χ2n) is 4.70. The van der Waals surface area contributed by atoms with Crippen LogP contribution in [0.15, 0.2) is 22.3 Å². The van der Waals surface area contributed by atoms with Crippen LogP contribution in [-0.4, -0.2) is 40.0 Å². The third-order valence-electron chi connectivity index (χ3n) is 3.04. The molecule has 0 saturated heterocycles. The lowest BCUT2D eigenvalue weighted by Crippen LogP contribution is -2.12. The van der Waals surface area contributed by atoms with E-state index in [1.54, 1.807) is 10.7 Å². The molecule has 0 atom stereocenters. The average Bonchev–Trinajstić information content (AvgIpc) is 3.04. The van der Waals surface area contributed by atoms with Crippen LogP contribution in [0, 0.1) is 0 Å². The molecular weight excluding hydrogens is 321 g/mol. The molecule has 0 bridgehead atoms. The highest BCUT2D eigenvalue weighted by atomic mass is 32.2. The van der Waals surface area contributed by atoms with E-state index in [9.17, 15) is 13.2 Å². The molecule has 0 aliphatic heterocycles. The molecule has 1 fully saturated rings. The molecule has 0 unspecified atom stereocenters. The van der Waals surface area contributed by atoms with Gasteiger partial charge in [0.2, 0.25) is 5.16 Å². The number of nitrogens with zero attached hydrogens (tertiary/aromatic N) is 8. The molecule has 3 aromatic heterocycles. The lowest BCUT2D eigenvalue weighted by atomic mass is 10.5. The van der Waals surface area contributed by atoms with Crippen molar-refractivity contribution in [2.24, 2.45) is 0 Å². The Balaban J connectivity index is 1.71. The first kappa shape index (κ1) is 13.4. The Morgan fingerprint density at radius 1 is 1.14 bits per heavy atom. The molecule has 0 spiro atoms. The van der Waals surface area contributed by atoms with Crippen molar-refractivity contribution in [1.29, 1.82) is 0 Å². The zero-order valence-corrected chi connectivity index (χ0v) is 11.6. The Bertz CT molecular complexity index is 836. The SMILES string of the molecule is FC(F)(F)c1nnc2ccc(Sc3nnnn3C3CC3)nn12. The van der Waals surface area contributed by atoms with Crippen LogP contribution in [0.3, 0.4) is 0 Å². The van der Waals surface area contributed by atoms with Crippen LogP contribution in [0.2, 0.25) is 0 Å². The van der Waals surface area contributed by atoms with Crippen LogP contribution >= 0.6 is 11.8 Å². The van der Waals surface area contributed by atoms with Crippen molar-refractivity contribution in [3.05, 3.63) is 18.0 Å². The van der Waals surface area contributed by atoms with Crippen molar-refractivity contribution < 1.29 is 13.2 Å². The molecule has 12 heteroatoms. The highest BCUT2D eigenvalue weighted by Gasteiger charge is 2.37. The van der Waals surface area contributed by atoms with Crippen LogP contribution < -0.4 is 0 Å². The van der Waals surface area contributed by atoms with Crippen LogP contribution in [-0.2, 0) is 6.18 Å². The topological polar surface area (TPSA) is 86.7 Å². The van der Waals surface area contributed by atoms with Crippen molar-refractivity contribution in [3.8, 4) is 0 Å². The summed E-state index contributed by atoms with van der Waals surface area (Å²) in [6, 6.07) is 3.24. The smallest absolute Gasteiger partial charge is 0.217 e. The van der Waals surface area contributed by atoms with Crippen LogP contribution in [0.5, 0.6) is 0 Å². The van der Waals surface area contributed by atoms with Gasteiger partial charge >= 0.3 is 6.18 Å². The van der Waals surface area contributed by atoms with Gasteiger partial charge in [-0.15, -0.1) is 15.3 Å². The molecular formula is C10H7F3N8S. The Morgan fingerprint density at radius 2 is 1.95 bits per heavy atom. The second kappa shape index (κ2) is 4.63. The lowest BCUT2D eigenvalue weighted by molar-refractivity contribution is -0.146. The zero-order chi connectivity index (χ0) is 15.3. The molecule has 1 aliphatic rings. The molecule has 0 aromatic carbocycles. The maximum absolute atomic E-state index is 12.8. The zero-order valence-electron chi connectivity index (χ0n) is 10.8. The normalized spacial score (nSPS) is 15.6. The van der Waals surface area contributed by atoms with Crippen molar-refractivity contribution in [1.82, 2.24) is 40.0 Å². The number of alkyl halides is 3. The molecule has 4 rings (SSSR count). The van der Waals surface area contributed by atoms with E-state index >= 15 is 0 Å². The second-order valence-corrected chi connectivity index (χ2v) is 5.69. The minimum absolute atomic E-state index is 0.0264. The van der Waals surface area contributed by atoms with Crippen LogP contribution in [0.1, 0.15) is 24.7 Å². The first-order valence-corrected chi connectivity index (χ1v) is 7.09. The van der Waals surface area contributed by atoms with Gasteiger partial charge in [-0.05, 0) is 47.2 Å². The van der Waals surface area contributed by atoms with Gasteiger partial charge in [-0.1, -0.05) is 0 Å². The Hall–Kier alpha value is -2.24. The summed E-state index contributed by atoms with van der Waals surface area (Å²) in [5, 5.41) is 22.7. The summed E-state index contributed by atoms with van der Waals surface area (Å²) in [4.78, 5) is 0. The van der Waals surface area contributed by atoms with Gasteiger partial charge in [0.05, 0.1) is 6.04 Å². The predicted octanol–water partition coefficient (Wildman–Crippen LogP) is 1.62. The van der Waals surface area contributed by atoms with Gasteiger partial charge in [-0.25, -0.2) is 4.68 Å². The van der Waals surface area contributed by atoms with Gasteiger partial charge in [0.15, 0.2) is 5.65 Å². The van der Waals surface area contributed by atoms with Crippen molar-refractivity contribution in [2.45, 2.75) is 35.2 Å². The Labute approximate surface area is 124 Å². The number of halogens is 3. The summed E-state index contributed by atoms with van der Waals surface area (Å²) in [7, 11) is 0. The van der Waals surface area contributed by atoms with E-state index in [2.05, 4.69) is 30.8 Å². The summed E-state index contributed by atoms with van der Waals surface area (Å²) in [6.45, 7) is 0. The summed E-state index contributed by atoms with van der Waals surface area (Å²) < 4.78 is 40.8. The molecule has 3 heterocycles. The van der Waals surface area contributed by atoms with Crippen LogP contribution in [0.25, 0.3) is 5.65 Å². The molecule has 0 N–H and O–H groups in total. The Kier molecular flexibility index (Phi) is 2.82. The average molecular weight is 328 g/mol. The van der Waals surface area contributed by atoms with E-state index in [0.29, 0.717) is 14.7 Å². The van der Waals surface area contributed by atoms with E-state index in [0.717, 1.165) is 24.6 Å². The van der Waals surface area contributed by atoms with Gasteiger partial charge in [0.25, 0.3) is 5.82 Å². The minimum atomic E-state index is -4.62. The fourth-order valence-corrected chi connectivity index (χ4v) is 2.70. The van der Waals surface area contributed by atoms with Crippen molar-refractivity contribution in [2.75, 3.05) is 0 Å². The largest absolute Gasteiger partial charge is 0.453 e. The molecule has 0 radical (unpaired) electrons. The summed E-state index contributed by atoms with van der Waals surface area (Å²) in [6.07, 6.45) is -2.63. The molecule has 3 aromatic rings. The van der Waals surface area contributed by atoms with Gasteiger partial charge in [-0.3, -0.25) is 0 Å². The van der Waals surface area contributed by atoms with Gasteiger partial charge in [-0.2, -0.15) is 22.8 Å². The summed E-state index contributed by atoms with van der Waals surface area (Å²) in [5.74, 6) is -1.16. The highest BCUT2D eigenvalue weighted by molar-refractivity contribution is 7.99. The maximum atomic E-state index is 12.8. The fourth-order valence-electron chi connectivity index (χ4n) is 1.90.